The molecule has 0 aliphatic heterocycles. The minimum Gasteiger partial charge on any atom is -0.392 e. The maximum Gasteiger partial charge on any atom is 0.184 e. The number of rotatable bonds is 1. The van der Waals surface area contributed by atoms with Gasteiger partial charge in [-0.1, -0.05) is 41.2 Å². The highest BCUT2D eigenvalue weighted by Gasteiger charge is 2.45. The number of ketones is 1. The van der Waals surface area contributed by atoms with Crippen LogP contribution in [-0.2, 0) is 4.79 Å². The van der Waals surface area contributed by atoms with E-state index in [1.54, 1.807) is 0 Å². The summed E-state index contributed by atoms with van der Waals surface area (Å²) >= 11 is 2.55. The predicted molar refractivity (Wildman–Crippen MR) is 98.1 cm³/mol. The Morgan fingerprint density at radius 2 is 1.91 bits per heavy atom. The van der Waals surface area contributed by atoms with E-state index < -0.39 is 0 Å². The molecule has 2 saturated carbocycles. The van der Waals surface area contributed by atoms with E-state index >= 15 is 0 Å². The van der Waals surface area contributed by atoms with Crippen LogP contribution in [0.3, 0.4) is 0 Å². The molecule has 122 valence electrons. The van der Waals surface area contributed by atoms with Gasteiger partial charge in [0.05, 0.1) is 6.10 Å². The van der Waals surface area contributed by atoms with Crippen LogP contribution in [-0.4, -0.2) is 20.9 Å². The van der Waals surface area contributed by atoms with Gasteiger partial charge in [0.1, 0.15) is 0 Å². The predicted octanol–water partition coefficient (Wildman–Crippen LogP) is 4.75. The molecule has 22 heavy (non-hydrogen) atoms. The molecule has 0 saturated heterocycles. The lowest BCUT2D eigenvalue weighted by atomic mass is 9.61. The lowest BCUT2D eigenvalue weighted by Crippen LogP contribution is -2.42. The van der Waals surface area contributed by atoms with E-state index in [1.807, 2.05) is 6.92 Å². The molecule has 2 nitrogen and oxygen atoms in total. The number of carbonyl (C=O) groups excluding carboxylic acids is 1. The van der Waals surface area contributed by atoms with Crippen LogP contribution in [0.25, 0.3) is 0 Å². The van der Waals surface area contributed by atoms with Crippen LogP contribution in [0.2, 0.25) is 0 Å². The molecule has 1 N–H and O–H groups in total. The number of aliphatic hydroxyl groups is 1. The molecule has 3 aliphatic rings. The zero-order chi connectivity index (χ0) is 15.9. The number of alkyl halides is 1. The van der Waals surface area contributed by atoms with Crippen molar-refractivity contribution in [2.24, 2.45) is 11.3 Å². The number of halogens is 1. The van der Waals surface area contributed by atoms with Gasteiger partial charge in [0.25, 0.3) is 0 Å². The molecule has 0 heterocycles. The van der Waals surface area contributed by atoms with Gasteiger partial charge in [0.15, 0.2) is 5.78 Å². The van der Waals surface area contributed by atoms with Gasteiger partial charge in [-0.3, -0.25) is 4.79 Å². The fraction of sp³-hybridized carbons (Fsp3) is 0.737. The first kappa shape index (κ1) is 16.7. The smallest absolute Gasteiger partial charge is 0.184 e. The van der Waals surface area contributed by atoms with Gasteiger partial charge in [-0.25, -0.2) is 0 Å². The molecule has 0 bridgehead atoms. The fourth-order valence-corrected chi connectivity index (χ4v) is 5.36. The van der Waals surface area contributed by atoms with Crippen molar-refractivity contribution in [2.45, 2.75) is 75.2 Å². The third-order valence-corrected chi connectivity index (χ3v) is 7.36. The standard InChI is InChI=1S/C19H27IO2/c1-12-16-4-3-5-17(21)19(16,2)11-14(18(12)22)10-13-6-8-15(20)9-7-13/h10,13,15,17,21H,3-9,11H2,1-2H3/b14-10+/t13?,15?,17-,19-/m0/s1. The van der Waals surface area contributed by atoms with Crippen LogP contribution < -0.4 is 0 Å². The Morgan fingerprint density at radius 1 is 1.23 bits per heavy atom. The minimum atomic E-state index is -0.298. The molecule has 3 heteroatoms. The molecule has 0 spiro atoms. The van der Waals surface area contributed by atoms with Gasteiger partial charge >= 0.3 is 0 Å². The number of aliphatic hydroxyl groups excluding tert-OH is 1. The third kappa shape index (κ3) is 2.95. The fourth-order valence-electron chi connectivity index (χ4n) is 4.64. The monoisotopic (exact) mass is 414 g/mol. The topological polar surface area (TPSA) is 37.3 Å². The summed E-state index contributed by atoms with van der Waals surface area (Å²) in [4.78, 5) is 12.8. The van der Waals surface area contributed by atoms with E-state index in [0.29, 0.717) is 5.92 Å². The lowest BCUT2D eigenvalue weighted by Gasteiger charge is -2.45. The molecule has 0 radical (unpaired) electrons. The van der Waals surface area contributed by atoms with Crippen molar-refractivity contribution in [1.82, 2.24) is 0 Å². The van der Waals surface area contributed by atoms with E-state index in [1.165, 1.54) is 31.3 Å². The molecule has 0 aromatic carbocycles. The van der Waals surface area contributed by atoms with Crippen LogP contribution in [0.4, 0.5) is 0 Å². The Labute approximate surface area is 147 Å². The van der Waals surface area contributed by atoms with Crippen LogP contribution in [0.1, 0.15) is 65.2 Å². The van der Waals surface area contributed by atoms with Crippen LogP contribution in [0.15, 0.2) is 22.8 Å². The first-order valence-corrected chi connectivity index (χ1v) is 9.94. The summed E-state index contributed by atoms with van der Waals surface area (Å²) in [5.41, 5.74) is 2.91. The number of fused-ring (bicyclic) bond motifs is 1. The van der Waals surface area contributed by atoms with E-state index in [0.717, 1.165) is 40.8 Å². The molecule has 0 amide bonds. The van der Waals surface area contributed by atoms with Gasteiger partial charge in [0.2, 0.25) is 0 Å². The number of Topliss-reactive ketones (excluding diaryl/α,β-unsaturated/α-hetero) is 1. The van der Waals surface area contributed by atoms with Crippen molar-refractivity contribution in [3.8, 4) is 0 Å². The average Bonchev–Trinajstić information content (AvgIpc) is 2.49. The van der Waals surface area contributed by atoms with Crippen molar-refractivity contribution < 1.29 is 9.90 Å². The van der Waals surface area contributed by atoms with Gasteiger partial charge in [0, 0.05) is 9.34 Å². The second-order valence-electron chi connectivity index (χ2n) is 7.64. The molecule has 3 rings (SSSR count). The van der Waals surface area contributed by atoms with E-state index in [-0.39, 0.29) is 17.3 Å². The van der Waals surface area contributed by atoms with Gasteiger partial charge in [-0.2, -0.15) is 0 Å². The Balaban J connectivity index is 1.88. The summed E-state index contributed by atoms with van der Waals surface area (Å²) in [5, 5.41) is 10.6. The highest BCUT2D eigenvalue weighted by molar-refractivity contribution is 14.1. The Hall–Kier alpha value is -0.160. The normalized spacial score (nSPS) is 41.7. The van der Waals surface area contributed by atoms with Crippen LogP contribution in [0.5, 0.6) is 0 Å². The van der Waals surface area contributed by atoms with Crippen LogP contribution in [0, 0.1) is 11.3 Å². The van der Waals surface area contributed by atoms with Crippen molar-refractivity contribution in [1.29, 1.82) is 0 Å². The maximum atomic E-state index is 12.8. The average molecular weight is 414 g/mol. The van der Waals surface area contributed by atoms with Gasteiger partial charge in [-0.15, -0.1) is 0 Å². The largest absolute Gasteiger partial charge is 0.392 e. The van der Waals surface area contributed by atoms with E-state index in [2.05, 4.69) is 35.6 Å². The van der Waals surface area contributed by atoms with Crippen molar-refractivity contribution in [3.63, 3.8) is 0 Å². The molecule has 0 aromatic rings. The summed E-state index contributed by atoms with van der Waals surface area (Å²) in [6.45, 7) is 4.14. The van der Waals surface area contributed by atoms with Crippen molar-refractivity contribution >= 4 is 28.4 Å². The molecule has 2 fully saturated rings. The SMILES string of the molecule is CC1=C2CCC[C@H](O)[C@@]2(C)C/C(=C\C2CCC(I)CC2)C1=O. The molecule has 0 aromatic heterocycles. The Bertz CT molecular complexity index is 526. The third-order valence-electron chi connectivity index (χ3n) is 6.11. The first-order chi connectivity index (χ1) is 10.4. The molecular weight excluding hydrogens is 387 g/mol. The molecule has 2 atom stereocenters. The summed E-state index contributed by atoms with van der Waals surface area (Å²) in [7, 11) is 0. The maximum absolute atomic E-state index is 12.8. The second-order valence-corrected chi connectivity index (χ2v) is 9.40. The number of allylic oxidation sites excluding steroid dienone is 3. The van der Waals surface area contributed by atoms with E-state index in [4.69, 9.17) is 0 Å². The lowest BCUT2D eigenvalue weighted by molar-refractivity contribution is -0.113. The second kappa shape index (κ2) is 6.39. The summed E-state index contributed by atoms with van der Waals surface area (Å²) in [5.74, 6) is 0.807. The molecule has 0 unspecified atom stereocenters. The summed E-state index contributed by atoms with van der Waals surface area (Å²) < 4.78 is 0.806. The number of hydrogen-bond acceptors (Lipinski definition) is 2. The molecular formula is C19H27IO2. The first-order valence-electron chi connectivity index (χ1n) is 8.69. The van der Waals surface area contributed by atoms with Gasteiger partial charge in [-0.05, 0) is 75.4 Å². The minimum absolute atomic E-state index is 0.206. The summed E-state index contributed by atoms with van der Waals surface area (Å²) in [6.07, 6.45) is 10.5. The van der Waals surface area contributed by atoms with Gasteiger partial charge < -0.3 is 5.11 Å². The number of carbonyl (C=O) groups is 1. The highest BCUT2D eigenvalue weighted by atomic mass is 127. The van der Waals surface area contributed by atoms with Crippen molar-refractivity contribution in [2.75, 3.05) is 0 Å². The van der Waals surface area contributed by atoms with Crippen LogP contribution >= 0.6 is 22.6 Å². The number of hydrogen-bond donors (Lipinski definition) is 1. The van der Waals surface area contributed by atoms with E-state index in [9.17, 15) is 9.90 Å². The molecule has 3 aliphatic carbocycles. The Morgan fingerprint density at radius 3 is 2.59 bits per heavy atom. The zero-order valence-corrected chi connectivity index (χ0v) is 15.9. The summed E-state index contributed by atoms with van der Waals surface area (Å²) in [6, 6.07) is 0. The zero-order valence-electron chi connectivity index (χ0n) is 13.7. The van der Waals surface area contributed by atoms with Crippen molar-refractivity contribution in [3.05, 3.63) is 22.8 Å². The highest BCUT2D eigenvalue weighted by Crippen LogP contribution is 2.50. The Kier molecular flexibility index (Phi) is 4.84. The quantitative estimate of drug-likeness (QED) is 0.382.